The predicted octanol–water partition coefficient (Wildman–Crippen LogP) is 0.208. The lowest BCUT2D eigenvalue weighted by Gasteiger charge is -2.33. The standard InChI is InChI=1S/C20H30N4O4S/c1-15-4-6-16(7-5-15)19-17(14-18(25)22(19)2)20(26)21-8-9-23-10-12-24(13-11-23)29(3,27)28/h4-7,17,19H,8-14H2,1-3H3,(H,21,26)/t17-,19+/m1/s1. The quantitative estimate of drug-likeness (QED) is 0.708. The lowest BCUT2D eigenvalue weighted by atomic mass is 9.92. The molecule has 2 aliphatic heterocycles. The lowest BCUT2D eigenvalue weighted by Crippen LogP contribution is -2.50. The van der Waals surface area contributed by atoms with Crippen molar-refractivity contribution in [3.8, 4) is 0 Å². The molecule has 2 heterocycles. The number of carbonyl (C=O) groups excluding carboxylic acids is 2. The second-order valence-electron chi connectivity index (χ2n) is 7.97. The number of nitrogens with zero attached hydrogens (tertiary/aromatic N) is 3. The Bertz CT molecular complexity index is 848. The molecule has 0 aliphatic carbocycles. The van der Waals surface area contributed by atoms with Crippen LogP contribution in [0.1, 0.15) is 23.6 Å². The van der Waals surface area contributed by atoms with E-state index in [1.807, 2.05) is 31.2 Å². The van der Waals surface area contributed by atoms with Crippen LogP contribution in [0.2, 0.25) is 0 Å². The van der Waals surface area contributed by atoms with E-state index in [1.54, 1.807) is 11.9 Å². The molecule has 0 unspecified atom stereocenters. The van der Waals surface area contributed by atoms with Crippen LogP contribution in [0.3, 0.4) is 0 Å². The molecule has 8 nitrogen and oxygen atoms in total. The molecule has 160 valence electrons. The van der Waals surface area contributed by atoms with Crippen molar-refractivity contribution in [3.63, 3.8) is 0 Å². The van der Waals surface area contributed by atoms with Crippen molar-refractivity contribution in [1.29, 1.82) is 0 Å². The molecule has 2 aliphatic rings. The smallest absolute Gasteiger partial charge is 0.226 e. The van der Waals surface area contributed by atoms with Gasteiger partial charge in [0.05, 0.1) is 18.2 Å². The molecular weight excluding hydrogens is 392 g/mol. The largest absolute Gasteiger partial charge is 0.354 e. The minimum Gasteiger partial charge on any atom is -0.354 e. The third-order valence-corrected chi connectivity index (χ3v) is 7.17. The number of amides is 2. The molecule has 9 heteroatoms. The third-order valence-electron chi connectivity index (χ3n) is 5.87. The molecule has 29 heavy (non-hydrogen) atoms. The van der Waals surface area contributed by atoms with Crippen molar-refractivity contribution >= 4 is 21.8 Å². The van der Waals surface area contributed by atoms with E-state index in [0.29, 0.717) is 39.3 Å². The van der Waals surface area contributed by atoms with E-state index in [9.17, 15) is 18.0 Å². The number of piperazine rings is 1. The van der Waals surface area contributed by atoms with Crippen molar-refractivity contribution in [2.75, 3.05) is 52.6 Å². The normalized spacial score (nSPS) is 24.1. The molecule has 0 saturated carbocycles. The van der Waals surface area contributed by atoms with Crippen molar-refractivity contribution in [1.82, 2.24) is 19.4 Å². The summed E-state index contributed by atoms with van der Waals surface area (Å²) in [4.78, 5) is 28.9. The fourth-order valence-corrected chi connectivity index (χ4v) is 4.90. The Kier molecular flexibility index (Phi) is 6.60. The molecule has 0 spiro atoms. The van der Waals surface area contributed by atoms with E-state index in [4.69, 9.17) is 0 Å². The second-order valence-corrected chi connectivity index (χ2v) is 9.95. The molecule has 3 rings (SSSR count). The maximum absolute atomic E-state index is 12.8. The van der Waals surface area contributed by atoms with Gasteiger partial charge in [0.15, 0.2) is 0 Å². The van der Waals surface area contributed by atoms with Gasteiger partial charge in [-0.05, 0) is 12.5 Å². The van der Waals surface area contributed by atoms with Crippen LogP contribution in [0.15, 0.2) is 24.3 Å². The van der Waals surface area contributed by atoms with Crippen molar-refractivity contribution in [2.45, 2.75) is 19.4 Å². The van der Waals surface area contributed by atoms with Crippen LogP contribution in [0, 0.1) is 12.8 Å². The molecule has 2 fully saturated rings. The van der Waals surface area contributed by atoms with Gasteiger partial charge in [-0.2, -0.15) is 4.31 Å². The predicted molar refractivity (Wildman–Crippen MR) is 111 cm³/mol. The van der Waals surface area contributed by atoms with Crippen LogP contribution in [-0.4, -0.2) is 86.9 Å². The topological polar surface area (TPSA) is 90.0 Å². The first-order valence-electron chi connectivity index (χ1n) is 9.94. The molecule has 2 atom stereocenters. The maximum Gasteiger partial charge on any atom is 0.226 e. The summed E-state index contributed by atoms with van der Waals surface area (Å²) in [5.41, 5.74) is 2.11. The van der Waals surface area contributed by atoms with Gasteiger partial charge in [0.2, 0.25) is 21.8 Å². The molecule has 2 saturated heterocycles. The zero-order valence-corrected chi connectivity index (χ0v) is 18.1. The summed E-state index contributed by atoms with van der Waals surface area (Å²) in [7, 11) is -1.39. The average Bonchev–Trinajstić information content (AvgIpc) is 2.97. The van der Waals surface area contributed by atoms with Crippen molar-refractivity contribution in [3.05, 3.63) is 35.4 Å². The van der Waals surface area contributed by atoms with Crippen LogP contribution < -0.4 is 5.32 Å². The second kappa shape index (κ2) is 8.81. The Hall–Kier alpha value is -1.97. The van der Waals surface area contributed by atoms with Crippen LogP contribution >= 0.6 is 0 Å². The lowest BCUT2D eigenvalue weighted by molar-refractivity contribution is -0.128. The van der Waals surface area contributed by atoms with Gasteiger partial charge in [0.1, 0.15) is 0 Å². The summed E-state index contributed by atoms with van der Waals surface area (Å²) in [6.45, 7) is 5.41. The Morgan fingerprint density at radius 1 is 1.14 bits per heavy atom. The average molecular weight is 423 g/mol. The number of benzene rings is 1. The zero-order valence-electron chi connectivity index (χ0n) is 17.3. The number of hydrogen-bond acceptors (Lipinski definition) is 5. The highest BCUT2D eigenvalue weighted by Crippen LogP contribution is 2.37. The summed E-state index contributed by atoms with van der Waals surface area (Å²) in [6, 6.07) is 7.71. The monoisotopic (exact) mass is 422 g/mol. The van der Waals surface area contributed by atoms with E-state index in [-0.39, 0.29) is 24.3 Å². The number of hydrogen-bond donors (Lipinski definition) is 1. The Morgan fingerprint density at radius 3 is 2.34 bits per heavy atom. The molecule has 0 aromatic heterocycles. The van der Waals surface area contributed by atoms with Gasteiger partial charge in [0, 0.05) is 52.7 Å². The number of carbonyl (C=O) groups is 2. The summed E-state index contributed by atoms with van der Waals surface area (Å²) >= 11 is 0. The first kappa shape index (κ1) is 21.7. The van der Waals surface area contributed by atoms with E-state index in [0.717, 1.165) is 11.1 Å². The Balaban J connectivity index is 1.53. The van der Waals surface area contributed by atoms with Gasteiger partial charge in [-0.1, -0.05) is 29.8 Å². The molecular formula is C20H30N4O4S. The third kappa shape index (κ3) is 5.15. The molecule has 0 radical (unpaired) electrons. The van der Waals surface area contributed by atoms with E-state index >= 15 is 0 Å². The zero-order chi connectivity index (χ0) is 21.2. The summed E-state index contributed by atoms with van der Waals surface area (Å²) in [6.07, 6.45) is 1.45. The van der Waals surface area contributed by atoms with Gasteiger partial charge in [-0.15, -0.1) is 0 Å². The Morgan fingerprint density at radius 2 is 1.76 bits per heavy atom. The van der Waals surface area contributed by atoms with Crippen LogP contribution in [0.5, 0.6) is 0 Å². The van der Waals surface area contributed by atoms with Crippen molar-refractivity contribution in [2.24, 2.45) is 5.92 Å². The molecule has 2 amide bonds. The van der Waals surface area contributed by atoms with E-state index in [1.165, 1.54) is 10.6 Å². The fraction of sp³-hybridized carbons (Fsp3) is 0.600. The summed E-state index contributed by atoms with van der Waals surface area (Å²) < 4.78 is 24.6. The van der Waals surface area contributed by atoms with Gasteiger partial charge >= 0.3 is 0 Å². The van der Waals surface area contributed by atoms with E-state index in [2.05, 4.69) is 10.2 Å². The maximum atomic E-state index is 12.8. The van der Waals surface area contributed by atoms with Crippen LogP contribution in [-0.2, 0) is 19.6 Å². The number of aryl methyl sites for hydroxylation is 1. The molecule has 1 N–H and O–H groups in total. The summed E-state index contributed by atoms with van der Waals surface area (Å²) in [5, 5.41) is 2.97. The number of sulfonamides is 1. The highest BCUT2D eigenvalue weighted by Gasteiger charge is 2.42. The first-order valence-corrected chi connectivity index (χ1v) is 11.8. The molecule has 1 aromatic carbocycles. The van der Waals surface area contributed by atoms with Crippen LogP contribution in [0.4, 0.5) is 0 Å². The van der Waals surface area contributed by atoms with Crippen molar-refractivity contribution < 1.29 is 18.0 Å². The van der Waals surface area contributed by atoms with Gasteiger partial charge in [-0.3, -0.25) is 14.5 Å². The van der Waals surface area contributed by atoms with Gasteiger partial charge in [-0.25, -0.2) is 8.42 Å². The highest BCUT2D eigenvalue weighted by atomic mass is 32.2. The number of nitrogens with one attached hydrogen (secondary N) is 1. The number of rotatable bonds is 6. The van der Waals surface area contributed by atoms with Gasteiger partial charge in [0.25, 0.3) is 0 Å². The fourth-order valence-electron chi connectivity index (χ4n) is 4.08. The first-order chi connectivity index (χ1) is 13.7. The SMILES string of the molecule is Cc1ccc([C@H]2[C@H](C(=O)NCCN3CCN(S(C)(=O)=O)CC3)CC(=O)N2C)cc1. The Labute approximate surface area is 172 Å². The highest BCUT2D eigenvalue weighted by molar-refractivity contribution is 7.88. The minimum atomic E-state index is -3.14. The number of likely N-dealkylation sites (tertiary alicyclic amines) is 1. The van der Waals surface area contributed by atoms with Crippen LogP contribution in [0.25, 0.3) is 0 Å². The van der Waals surface area contributed by atoms with Gasteiger partial charge < -0.3 is 10.2 Å². The molecule has 1 aromatic rings. The minimum absolute atomic E-state index is 0.0207. The van der Waals surface area contributed by atoms with E-state index < -0.39 is 15.9 Å². The molecule has 0 bridgehead atoms. The summed E-state index contributed by atoms with van der Waals surface area (Å²) in [5.74, 6) is -0.534.